The van der Waals surface area contributed by atoms with Crippen molar-refractivity contribution in [2.45, 2.75) is 53.1 Å². The molecule has 0 saturated carbocycles. The van der Waals surface area contributed by atoms with Crippen LogP contribution in [0, 0.1) is 18.8 Å². The van der Waals surface area contributed by atoms with Crippen LogP contribution in [0.4, 0.5) is 5.69 Å². The molecule has 1 aromatic carbocycles. The molecule has 1 aliphatic rings. The number of nitrogens with one attached hydrogen (secondary N) is 1. The first-order valence-electron chi connectivity index (χ1n) is 8.14. The van der Waals surface area contributed by atoms with Crippen molar-refractivity contribution >= 4 is 21.6 Å². The first-order chi connectivity index (χ1) is 9.86. The lowest BCUT2D eigenvalue weighted by atomic mass is 9.94. The molecule has 2 unspecified atom stereocenters. The molecule has 0 aromatic heterocycles. The topological polar surface area (TPSA) is 15.3 Å². The average molecular weight is 353 g/mol. The number of hydrogen-bond acceptors (Lipinski definition) is 2. The van der Waals surface area contributed by atoms with Crippen molar-refractivity contribution < 1.29 is 0 Å². The van der Waals surface area contributed by atoms with Gasteiger partial charge in [-0.25, -0.2) is 0 Å². The van der Waals surface area contributed by atoms with Gasteiger partial charge in [0.15, 0.2) is 0 Å². The van der Waals surface area contributed by atoms with Gasteiger partial charge in [0, 0.05) is 35.3 Å². The second kappa shape index (κ2) is 7.15. The van der Waals surface area contributed by atoms with Crippen molar-refractivity contribution in [2.75, 3.05) is 18.0 Å². The summed E-state index contributed by atoms with van der Waals surface area (Å²) in [7, 11) is 0. The molecule has 2 atom stereocenters. The van der Waals surface area contributed by atoms with E-state index in [1.165, 1.54) is 22.1 Å². The summed E-state index contributed by atoms with van der Waals surface area (Å²) in [6, 6.07) is 7.93. The van der Waals surface area contributed by atoms with Crippen LogP contribution in [0.3, 0.4) is 0 Å². The van der Waals surface area contributed by atoms with Gasteiger partial charge in [-0.1, -0.05) is 43.6 Å². The maximum absolute atomic E-state index is 3.76. The maximum Gasteiger partial charge on any atom is 0.0438 e. The van der Waals surface area contributed by atoms with Crippen molar-refractivity contribution in [3.63, 3.8) is 0 Å². The summed E-state index contributed by atoms with van der Waals surface area (Å²) >= 11 is 3.65. The highest BCUT2D eigenvalue weighted by molar-refractivity contribution is 9.10. The Bertz CT molecular complexity index is 450. The van der Waals surface area contributed by atoms with Gasteiger partial charge < -0.3 is 10.2 Å². The minimum atomic E-state index is 0.571. The Kier molecular flexibility index (Phi) is 5.73. The lowest BCUT2D eigenvalue weighted by molar-refractivity contribution is 0.310. The molecule has 1 fully saturated rings. The zero-order valence-electron chi connectivity index (χ0n) is 14.0. The van der Waals surface area contributed by atoms with Gasteiger partial charge >= 0.3 is 0 Å². The highest BCUT2D eigenvalue weighted by atomic mass is 79.9. The van der Waals surface area contributed by atoms with E-state index in [1.807, 2.05) is 0 Å². The molecule has 1 aromatic rings. The Morgan fingerprint density at radius 2 is 1.95 bits per heavy atom. The zero-order chi connectivity index (χ0) is 15.6. The molecule has 0 spiro atoms. The molecule has 0 bridgehead atoms. The normalized spacial score (nSPS) is 23.1. The van der Waals surface area contributed by atoms with Gasteiger partial charge in [-0.15, -0.1) is 0 Å². The molecule has 21 heavy (non-hydrogen) atoms. The summed E-state index contributed by atoms with van der Waals surface area (Å²) in [5.41, 5.74) is 2.68. The van der Waals surface area contributed by atoms with E-state index in [1.54, 1.807) is 0 Å². The van der Waals surface area contributed by atoms with Crippen LogP contribution in [0.15, 0.2) is 22.7 Å². The molecule has 0 amide bonds. The van der Waals surface area contributed by atoms with Crippen molar-refractivity contribution in [3.05, 3.63) is 28.2 Å². The fourth-order valence-corrected chi connectivity index (χ4v) is 3.93. The number of benzene rings is 1. The highest BCUT2D eigenvalue weighted by Crippen LogP contribution is 2.28. The van der Waals surface area contributed by atoms with E-state index in [0.29, 0.717) is 18.0 Å². The number of rotatable bonds is 4. The summed E-state index contributed by atoms with van der Waals surface area (Å²) in [6.07, 6.45) is 1.24. The molecule has 1 saturated heterocycles. The van der Waals surface area contributed by atoms with E-state index in [2.05, 4.69) is 79.0 Å². The number of nitrogens with zero attached hydrogens (tertiary/aromatic N) is 1. The Morgan fingerprint density at radius 3 is 2.52 bits per heavy atom. The molecule has 1 aliphatic heterocycles. The van der Waals surface area contributed by atoms with Gasteiger partial charge in [-0.05, 0) is 48.9 Å². The van der Waals surface area contributed by atoms with Crippen molar-refractivity contribution in [1.82, 2.24) is 5.32 Å². The van der Waals surface area contributed by atoms with Crippen LogP contribution in [0.1, 0.15) is 39.7 Å². The lowest BCUT2D eigenvalue weighted by Gasteiger charge is -2.44. The highest BCUT2D eigenvalue weighted by Gasteiger charge is 2.30. The average Bonchev–Trinajstić information content (AvgIpc) is 2.36. The lowest BCUT2D eigenvalue weighted by Crippen LogP contribution is -2.58. The van der Waals surface area contributed by atoms with Crippen LogP contribution < -0.4 is 10.2 Å². The van der Waals surface area contributed by atoms with Crippen molar-refractivity contribution in [3.8, 4) is 0 Å². The Morgan fingerprint density at radius 1 is 1.24 bits per heavy atom. The summed E-state index contributed by atoms with van der Waals surface area (Å²) in [6.45, 7) is 13.6. The molecule has 1 N–H and O–H groups in total. The number of piperazine rings is 1. The fourth-order valence-electron chi connectivity index (χ4n) is 3.34. The molecular formula is C18H29BrN2. The van der Waals surface area contributed by atoms with Crippen LogP contribution in [-0.4, -0.2) is 25.2 Å². The van der Waals surface area contributed by atoms with E-state index in [9.17, 15) is 0 Å². The van der Waals surface area contributed by atoms with Gasteiger partial charge in [-0.3, -0.25) is 0 Å². The second-order valence-corrected chi connectivity index (χ2v) is 8.10. The first-order valence-corrected chi connectivity index (χ1v) is 8.93. The molecule has 118 valence electrons. The summed E-state index contributed by atoms with van der Waals surface area (Å²) in [4.78, 5) is 2.62. The minimum Gasteiger partial charge on any atom is -0.365 e. The van der Waals surface area contributed by atoms with Crippen LogP contribution in [-0.2, 0) is 0 Å². The summed E-state index contributed by atoms with van der Waals surface area (Å²) in [5, 5.41) is 3.76. The first kappa shape index (κ1) is 16.8. The Labute approximate surface area is 138 Å². The van der Waals surface area contributed by atoms with Crippen LogP contribution in [0.2, 0.25) is 0 Å². The van der Waals surface area contributed by atoms with Crippen molar-refractivity contribution in [2.24, 2.45) is 11.8 Å². The van der Waals surface area contributed by atoms with E-state index >= 15 is 0 Å². The van der Waals surface area contributed by atoms with Crippen molar-refractivity contribution in [1.29, 1.82) is 0 Å². The number of aryl methyl sites for hydroxylation is 1. The number of hydrogen-bond donors (Lipinski definition) is 1. The quantitative estimate of drug-likeness (QED) is 0.851. The number of anilines is 1. The molecule has 1 heterocycles. The third kappa shape index (κ3) is 4.46. The smallest absolute Gasteiger partial charge is 0.0438 e. The van der Waals surface area contributed by atoms with Gasteiger partial charge in [0.05, 0.1) is 0 Å². The van der Waals surface area contributed by atoms with E-state index in [4.69, 9.17) is 0 Å². The van der Waals surface area contributed by atoms with E-state index < -0.39 is 0 Å². The molecule has 3 heteroatoms. The Balaban J connectivity index is 2.24. The predicted octanol–water partition coefficient (Wildman–Crippen LogP) is 4.61. The largest absolute Gasteiger partial charge is 0.365 e. The van der Waals surface area contributed by atoms with Gasteiger partial charge in [0.2, 0.25) is 0 Å². The molecule has 0 aliphatic carbocycles. The van der Waals surface area contributed by atoms with Gasteiger partial charge in [0.25, 0.3) is 0 Å². The maximum atomic E-state index is 3.76. The standard InChI is InChI=1S/C18H29BrN2/c1-12(2)6-16-11-21(18(10-20-16)13(3)4)17-8-14(5)7-15(19)9-17/h7-9,12-13,16,18,20H,6,10-11H2,1-5H3. The van der Waals surface area contributed by atoms with E-state index in [0.717, 1.165) is 19.0 Å². The van der Waals surface area contributed by atoms with Gasteiger partial charge in [0.1, 0.15) is 0 Å². The fraction of sp³-hybridized carbons (Fsp3) is 0.667. The Hall–Kier alpha value is -0.540. The summed E-state index contributed by atoms with van der Waals surface area (Å²) < 4.78 is 1.18. The molecular weight excluding hydrogens is 324 g/mol. The van der Waals surface area contributed by atoms with Gasteiger partial charge in [-0.2, -0.15) is 0 Å². The van der Waals surface area contributed by atoms with Crippen LogP contribution in [0.5, 0.6) is 0 Å². The monoisotopic (exact) mass is 352 g/mol. The minimum absolute atomic E-state index is 0.571. The van der Waals surface area contributed by atoms with E-state index in [-0.39, 0.29) is 0 Å². The molecule has 0 radical (unpaired) electrons. The number of halogens is 1. The molecule has 2 rings (SSSR count). The second-order valence-electron chi connectivity index (χ2n) is 7.19. The zero-order valence-corrected chi connectivity index (χ0v) is 15.6. The van der Waals surface area contributed by atoms with Crippen LogP contribution >= 0.6 is 15.9 Å². The SMILES string of the molecule is Cc1cc(Br)cc(N2CC(CC(C)C)NCC2C(C)C)c1. The molecule has 2 nitrogen and oxygen atoms in total. The third-order valence-corrected chi connectivity index (χ3v) is 4.77. The third-order valence-electron chi connectivity index (χ3n) is 4.32. The predicted molar refractivity (Wildman–Crippen MR) is 96.1 cm³/mol. The van der Waals surface area contributed by atoms with Crippen LogP contribution in [0.25, 0.3) is 0 Å². The summed E-state index contributed by atoms with van der Waals surface area (Å²) in [5.74, 6) is 1.39.